The lowest BCUT2D eigenvalue weighted by Gasteiger charge is -2.31. The largest absolute Gasteiger partial charge is 0.481 e. The van der Waals surface area contributed by atoms with Crippen LogP contribution in [0.15, 0.2) is 12.2 Å². The Morgan fingerprint density at radius 1 is 1.43 bits per heavy atom. The molecule has 2 fully saturated rings. The van der Waals surface area contributed by atoms with Crippen LogP contribution < -0.4 is 11.1 Å². The summed E-state index contributed by atoms with van der Waals surface area (Å²) in [5.74, 6) is 0.271. The summed E-state index contributed by atoms with van der Waals surface area (Å²) in [5, 5.41) is 11.8. The first-order valence-electron chi connectivity index (χ1n) is 8.57. The first kappa shape index (κ1) is 18.1. The lowest BCUT2D eigenvalue weighted by atomic mass is 9.74. The van der Waals surface area contributed by atoms with E-state index in [0.29, 0.717) is 23.5 Å². The molecule has 0 radical (unpaired) electrons. The average molecular weight is 322 g/mol. The Morgan fingerprint density at radius 3 is 2.70 bits per heavy atom. The third-order valence-corrected chi connectivity index (χ3v) is 5.36. The third kappa shape index (κ3) is 4.64. The molecule has 0 heterocycles. The second kappa shape index (κ2) is 6.73. The Morgan fingerprint density at radius 2 is 2.13 bits per heavy atom. The summed E-state index contributed by atoms with van der Waals surface area (Å²) in [5.41, 5.74) is 6.21. The SMILES string of the molecule is CC(C)(C)C1CCCC1C=CC1(N)CC1N[C@H](C=O)CC(=O)O. The van der Waals surface area contributed by atoms with Gasteiger partial charge >= 0.3 is 5.97 Å². The van der Waals surface area contributed by atoms with Crippen LogP contribution in [0.4, 0.5) is 0 Å². The van der Waals surface area contributed by atoms with Gasteiger partial charge in [-0.15, -0.1) is 0 Å². The molecule has 5 atom stereocenters. The molecule has 4 unspecified atom stereocenters. The highest BCUT2D eigenvalue weighted by atomic mass is 16.4. The summed E-state index contributed by atoms with van der Waals surface area (Å²) in [7, 11) is 0. The Balaban J connectivity index is 1.91. The molecule has 0 aromatic rings. The number of nitrogens with two attached hydrogens (primary N) is 1. The second-order valence-electron chi connectivity index (χ2n) is 8.30. The van der Waals surface area contributed by atoms with Crippen molar-refractivity contribution in [3.8, 4) is 0 Å². The van der Waals surface area contributed by atoms with Crippen LogP contribution in [0.25, 0.3) is 0 Å². The van der Waals surface area contributed by atoms with Gasteiger partial charge < -0.3 is 21.0 Å². The fraction of sp³-hybridized carbons (Fsp3) is 0.778. The molecule has 0 saturated heterocycles. The topological polar surface area (TPSA) is 92.4 Å². The summed E-state index contributed by atoms with van der Waals surface area (Å²) in [4.78, 5) is 21.7. The number of hydrogen-bond donors (Lipinski definition) is 3. The van der Waals surface area contributed by atoms with Gasteiger partial charge in [0.05, 0.1) is 18.0 Å². The zero-order chi connectivity index (χ0) is 17.3. The summed E-state index contributed by atoms with van der Waals surface area (Å²) < 4.78 is 0. The van der Waals surface area contributed by atoms with Gasteiger partial charge in [0.1, 0.15) is 6.29 Å². The van der Waals surface area contributed by atoms with Gasteiger partial charge in [-0.25, -0.2) is 0 Å². The standard InChI is InChI=1S/C18H30N2O3/c1-17(2,3)14-6-4-5-12(14)7-8-18(19)10-15(18)20-13(11-21)9-16(22)23/h7-8,11-15,20H,4-6,9-10,19H2,1-3H3,(H,22,23)/t12?,13-,14?,15?,18?/m0/s1. The molecule has 0 aromatic heterocycles. The van der Waals surface area contributed by atoms with Crippen LogP contribution in [0.2, 0.25) is 0 Å². The molecule has 2 aliphatic rings. The van der Waals surface area contributed by atoms with Crippen LogP contribution >= 0.6 is 0 Å². The molecule has 2 rings (SSSR count). The van der Waals surface area contributed by atoms with Gasteiger partial charge in [-0.1, -0.05) is 39.3 Å². The van der Waals surface area contributed by atoms with Crippen molar-refractivity contribution in [1.82, 2.24) is 5.32 Å². The van der Waals surface area contributed by atoms with Crippen LogP contribution in [0.3, 0.4) is 0 Å². The molecule has 5 nitrogen and oxygen atoms in total. The minimum atomic E-state index is -0.979. The molecule has 4 N–H and O–H groups in total. The van der Waals surface area contributed by atoms with Crippen molar-refractivity contribution in [3.63, 3.8) is 0 Å². The first-order valence-corrected chi connectivity index (χ1v) is 8.57. The Bertz CT molecular complexity index is 483. The van der Waals surface area contributed by atoms with Crippen LogP contribution in [-0.4, -0.2) is 35.0 Å². The fourth-order valence-electron chi connectivity index (χ4n) is 3.88. The van der Waals surface area contributed by atoms with Crippen molar-refractivity contribution in [2.75, 3.05) is 0 Å². The maximum absolute atomic E-state index is 11.0. The van der Waals surface area contributed by atoms with Gasteiger partial charge in [-0.05, 0) is 36.5 Å². The number of carbonyl (C=O) groups excluding carboxylic acids is 1. The van der Waals surface area contributed by atoms with E-state index in [2.05, 4.69) is 38.2 Å². The molecule has 5 heteroatoms. The number of carbonyl (C=O) groups is 2. The predicted molar refractivity (Wildman–Crippen MR) is 90.0 cm³/mol. The molecular formula is C18H30N2O3. The highest BCUT2D eigenvalue weighted by Crippen LogP contribution is 2.45. The number of allylic oxidation sites excluding steroid dienone is 1. The van der Waals surface area contributed by atoms with Crippen molar-refractivity contribution in [2.45, 2.75) is 70.5 Å². The highest BCUT2D eigenvalue weighted by Gasteiger charge is 2.50. The maximum atomic E-state index is 11.0. The maximum Gasteiger partial charge on any atom is 0.305 e. The molecular weight excluding hydrogens is 292 g/mol. The van der Waals surface area contributed by atoms with Gasteiger partial charge in [0, 0.05) is 6.04 Å². The van der Waals surface area contributed by atoms with E-state index in [1.807, 2.05) is 0 Å². The Kier molecular flexibility index (Phi) is 5.31. The predicted octanol–water partition coefficient (Wildman–Crippen LogP) is 2.11. The first-order chi connectivity index (χ1) is 10.7. The molecule has 0 bridgehead atoms. The molecule has 0 aromatic carbocycles. The third-order valence-electron chi connectivity index (χ3n) is 5.36. The smallest absolute Gasteiger partial charge is 0.305 e. The average Bonchev–Trinajstić information content (AvgIpc) is 2.87. The van der Waals surface area contributed by atoms with E-state index in [0.717, 1.165) is 6.42 Å². The molecule has 2 aliphatic carbocycles. The lowest BCUT2D eigenvalue weighted by molar-refractivity contribution is -0.138. The number of carboxylic acids is 1. The summed E-state index contributed by atoms with van der Waals surface area (Å²) in [6, 6.07) is -0.673. The molecule has 0 spiro atoms. The number of hydrogen-bond acceptors (Lipinski definition) is 4. The van der Waals surface area contributed by atoms with E-state index < -0.39 is 17.6 Å². The number of carboxylic acid groups (broad SMARTS) is 1. The molecule has 0 amide bonds. The van der Waals surface area contributed by atoms with Gasteiger partial charge in [-0.2, -0.15) is 0 Å². The van der Waals surface area contributed by atoms with Crippen molar-refractivity contribution in [1.29, 1.82) is 0 Å². The second-order valence-corrected chi connectivity index (χ2v) is 8.30. The van der Waals surface area contributed by atoms with E-state index >= 15 is 0 Å². The van der Waals surface area contributed by atoms with E-state index in [9.17, 15) is 9.59 Å². The number of rotatable bonds is 7. The minimum absolute atomic E-state index is 0.0113. The summed E-state index contributed by atoms with van der Waals surface area (Å²) >= 11 is 0. The van der Waals surface area contributed by atoms with E-state index in [4.69, 9.17) is 10.8 Å². The van der Waals surface area contributed by atoms with E-state index in [-0.39, 0.29) is 12.5 Å². The molecule has 23 heavy (non-hydrogen) atoms. The number of aldehydes is 1. The molecule has 2 saturated carbocycles. The van der Waals surface area contributed by atoms with Crippen molar-refractivity contribution >= 4 is 12.3 Å². The van der Waals surface area contributed by atoms with E-state index in [1.165, 1.54) is 19.3 Å². The number of nitrogens with one attached hydrogen (secondary N) is 1. The van der Waals surface area contributed by atoms with Crippen molar-refractivity contribution in [2.24, 2.45) is 23.0 Å². The Hall–Kier alpha value is -1.20. The quantitative estimate of drug-likeness (QED) is 0.493. The van der Waals surface area contributed by atoms with Gasteiger partial charge in [0.15, 0.2) is 0 Å². The summed E-state index contributed by atoms with van der Waals surface area (Å²) in [6.07, 6.45) is 9.30. The number of aliphatic carboxylic acids is 1. The highest BCUT2D eigenvalue weighted by molar-refractivity contribution is 5.73. The van der Waals surface area contributed by atoms with Crippen LogP contribution in [-0.2, 0) is 9.59 Å². The lowest BCUT2D eigenvalue weighted by Crippen LogP contribution is -2.40. The van der Waals surface area contributed by atoms with Gasteiger partial charge in [-0.3, -0.25) is 4.79 Å². The molecule has 130 valence electrons. The van der Waals surface area contributed by atoms with Crippen LogP contribution in [0.5, 0.6) is 0 Å². The van der Waals surface area contributed by atoms with Crippen molar-refractivity contribution in [3.05, 3.63) is 12.2 Å². The summed E-state index contributed by atoms with van der Waals surface area (Å²) in [6.45, 7) is 6.89. The van der Waals surface area contributed by atoms with Crippen LogP contribution in [0.1, 0.15) is 52.9 Å². The van der Waals surface area contributed by atoms with Crippen LogP contribution in [0, 0.1) is 17.3 Å². The monoisotopic (exact) mass is 322 g/mol. The molecule has 0 aliphatic heterocycles. The normalized spacial score (nSPS) is 35.4. The zero-order valence-corrected chi connectivity index (χ0v) is 14.4. The fourth-order valence-corrected chi connectivity index (χ4v) is 3.88. The van der Waals surface area contributed by atoms with Crippen molar-refractivity contribution < 1.29 is 14.7 Å². The van der Waals surface area contributed by atoms with Gasteiger partial charge in [0.25, 0.3) is 0 Å². The van der Waals surface area contributed by atoms with Gasteiger partial charge in [0.2, 0.25) is 0 Å². The Labute approximate surface area is 138 Å². The minimum Gasteiger partial charge on any atom is -0.481 e. The zero-order valence-electron chi connectivity index (χ0n) is 14.4. The van der Waals surface area contributed by atoms with E-state index in [1.54, 1.807) is 0 Å².